The van der Waals surface area contributed by atoms with Gasteiger partial charge in [-0.3, -0.25) is 14.9 Å². The summed E-state index contributed by atoms with van der Waals surface area (Å²) >= 11 is 13.1. The topological polar surface area (TPSA) is 77.5 Å². The Kier molecular flexibility index (Phi) is 4.83. The third kappa shape index (κ3) is 3.68. The summed E-state index contributed by atoms with van der Waals surface area (Å²) in [6, 6.07) is 5.50. The van der Waals surface area contributed by atoms with Gasteiger partial charge in [-0.25, -0.2) is 4.98 Å². The maximum Gasteiger partial charge on any atom is 0.315 e. The Morgan fingerprint density at radius 3 is 2.76 bits per heavy atom. The number of carbonyl (C=O) groups is 2. The number of alkyl halides is 2. The van der Waals surface area contributed by atoms with Crippen LogP contribution in [0.1, 0.15) is 20.3 Å². The Morgan fingerprint density at radius 2 is 2.12 bits per heavy atom. The zero-order chi connectivity index (χ0) is 18.2. The van der Waals surface area contributed by atoms with Gasteiger partial charge in [0.15, 0.2) is 11.7 Å². The smallest absolute Gasteiger partial charge is 0.315 e. The van der Waals surface area contributed by atoms with Gasteiger partial charge in [0.05, 0.1) is 16.8 Å². The van der Waals surface area contributed by atoms with Crippen molar-refractivity contribution in [1.29, 1.82) is 0 Å². The fourth-order valence-electron chi connectivity index (χ4n) is 2.28. The van der Waals surface area contributed by atoms with Crippen LogP contribution < -0.4 is 10.1 Å². The molecule has 9 heteroatoms. The van der Waals surface area contributed by atoms with Crippen LogP contribution in [0.4, 0.5) is 5.13 Å². The van der Waals surface area contributed by atoms with Crippen LogP contribution in [0, 0.1) is 5.41 Å². The van der Waals surface area contributed by atoms with Gasteiger partial charge < -0.3 is 9.47 Å². The molecule has 1 fully saturated rings. The molecule has 2 aromatic rings. The molecule has 0 aliphatic heterocycles. The molecular weight excluding hydrogens is 387 g/mol. The number of hydrogen-bond donors (Lipinski definition) is 1. The van der Waals surface area contributed by atoms with E-state index in [9.17, 15) is 9.59 Å². The molecule has 0 saturated heterocycles. The lowest BCUT2D eigenvalue weighted by Gasteiger charge is -2.11. The summed E-state index contributed by atoms with van der Waals surface area (Å²) in [5, 5.41) is 3.04. The van der Waals surface area contributed by atoms with E-state index >= 15 is 0 Å². The zero-order valence-corrected chi connectivity index (χ0v) is 15.9. The van der Waals surface area contributed by atoms with E-state index in [1.165, 1.54) is 11.3 Å². The predicted molar refractivity (Wildman–Crippen MR) is 97.5 cm³/mol. The Hall–Kier alpha value is -1.57. The number of halogens is 2. The summed E-state index contributed by atoms with van der Waals surface area (Å²) in [5.41, 5.74) is -0.206. The summed E-state index contributed by atoms with van der Waals surface area (Å²) in [6.07, 6.45) is 0.309. The van der Waals surface area contributed by atoms with Crippen molar-refractivity contribution in [2.45, 2.75) is 24.6 Å². The molecule has 0 spiro atoms. The Labute approximate surface area is 158 Å². The van der Waals surface area contributed by atoms with E-state index in [-0.39, 0.29) is 0 Å². The van der Waals surface area contributed by atoms with Crippen LogP contribution in [-0.2, 0) is 14.3 Å². The number of aromatic nitrogens is 1. The molecule has 1 heterocycles. The van der Waals surface area contributed by atoms with Gasteiger partial charge in [0.2, 0.25) is 0 Å². The molecule has 0 bridgehead atoms. The van der Waals surface area contributed by atoms with Gasteiger partial charge in [0, 0.05) is 6.42 Å². The SMILES string of the molecule is CCOc1ccc2nc(NC(=O)COC(=O)[C@]3(C)CC3(Cl)Cl)sc2c1. The summed E-state index contributed by atoms with van der Waals surface area (Å²) < 4.78 is 10.2. The molecule has 0 radical (unpaired) electrons. The number of nitrogens with zero attached hydrogens (tertiary/aromatic N) is 1. The highest BCUT2D eigenvalue weighted by atomic mass is 35.5. The second-order valence-corrected chi connectivity index (χ2v) is 8.43. The molecule has 1 amide bonds. The van der Waals surface area contributed by atoms with E-state index < -0.39 is 28.2 Å². The number of rotatable bonds is 6. The minimum Gasteiger partial charge on any atom is -0.494 e. The lowest BCUT2D eigenvalue weighted by atomic mass is 10.1. The number of carbonyl (C=O) groups excluding carboxylic acids is 2. The average Bonchev–Trinajstić information content (AvgIpc) is 2.89. The van der Waals surface area contributed by atoms with Gasteiger partial charge >= 0.3 is 5.97 Å². The van der Waals surface area contributed by atoms with Crippen molar-refractivity contribution < 1.29 is 19.1 Å². The highest BCUT2D eigenvalue weighted by Gasteiger charge is 2.69. The number of thiazole rings is 1. The van der Waals surface area contributed by atoms with Gasteiger partial charge in [0.25, 0.3) is 5.91 Å². The van der Waals surface area contributed by atoms with Gasteiger partial charge in [-0.2, -0.15) is 0 Å². The monoisotopic (exact) mass is 402 g/mol. The van der Waals surface area contributed by atoms with E-state index in [0.717, 1.165) is 16.0 Å². The van der Waals surface area contributed by atoms with Crippen LogP contribution in [0.3, 0.4) is 0 Å². The average molecular weight is 403 g/mol. The fraction of sp³-hybridized carbons (Fsp3) is 0.438. The molecule has 1 atom stereocenters. The lowest BCUT2D eigenvalue weighted by Crippen LogP contribution is -2.26. The van der Waals surface area contributed by atoms with Crippen molar-refractivity contribution in [3.63, 3.8) is 0 Å². The number of benzene rings is 1. The maximum absolute atomic E-state index is 12.0. The molecule has 25 heavy (non-hydrogen) atoms. The molecule has 3 rings (SSSR count). The molecule has 1 saturated carbocycles. The van der Waals surface area contributed by atoms with E-state index in [2.05, 4.69) is 10.3 Å². The first-order valence-electron chi connectivity index (χ1n) is 7.63. The van der Waals surface area contributed by atoms with Crippen molar-refractivity contribution in [2.24, 2.45) is 5.41 Å². The molecular formula is C16H16Cl2N2O4S. The minimum absolute atomic E-state index is 0.309. The number of hydrogen-bond acceptors (Lipinski definition) is 6. The number of esters is 1. The van der Waals surface area contributed by atoms with Crippen LogP contribution in [-0.4, -0.2) is 34.4 Å². The van der Waals surface area contributed by atoms with Crippen LogP contribution >= 0.6 is 34.5 Å². The van der Waals surface area contributed by atoms with Crippen molar-refractivity contribution in [2.75, 3.05) is 18.5 Å². The van der Waals surface area contributed by atoms with E-state index in [4.69, 9.17) is 32.7 Å². The Bertz CT molecular complexity index is 839. The van der Waals surface area contributed by atoms with Crippen LogP contribution in [0.15, 0.2) is 18.2 Å². The normalized spacial score (nSPS) is 21.0. The number of ether oxygens (including phenoxy) is 2. The van der Waals surface area contributed by atoms with Crippen molar-refractivity contribution in [3.8, 4) is 5.75 Å². The third-order valence-electron chi connectivity index (χ3n) is 3.96. The van der Waals surface area contributed by atoms with E-state index in [1.807, 2.05) is 25.1 Å². The zero-order valence-electron chi connectivity index (χ0n) is 13.6. The number of amides is 1. The van der Waals surface area contributed by atoms with Gasteiger partial charge in [0.1, 0.15) is 15.5 Å². The number of nitrogens with one attached hydrogen (secondary N) is 1. The van der Waals surface area contributed by atoms with Gasteiger partial charge in [-0.1, -0.05) is 11.3 Å². The first-order chi connectivity index (χ1) is 11.7. The molecule has 1 aliphatic carbocycles. The highest BCUT2D eigenvalue weighted by Crippen LogP contribution is 2.64. The second kappa shape index (κ2) is 6.63. The summed E-state index contributed by atoms with van der Waals surface area (Å²) in [5.74, 6) is -0.316. The minimum atomic E-state index is -1.12. The lowest BCUT2D eigenvalue weighted by molar-refractivity contribution is -0.152. The van der Waals surface area contributed by atoms with Crippen LogP contribution in [0.5, 0.6) is 5.75 Å². The Balaban J connectivity index is 1.58. The molecule has 1 aliphatic rings. The van der Waals surface area contributed by atoms with Crippen molar-refractivity contribution in [1.82, 2.24) is 4.98 Å². The third-order valence-corrected chi connectivity index (χ3v) is 6.00. The van der Waals surface area contributed by atoms with Gasteiger partial charge in [-0.05, 0) is 32.0 Å². The first kappa shape index (κ1) is 18.2. The molecule has 1 N–H and O–H groups in total. The van der Waals surface area contributed by atoms with Crippen LogP contribution in [0.2, 0.25) is 0 Å². The van der Waals surface area contributed by atoms with Crippen molar-refractivity contribution >= 4 is 61.8 Å². The fourth-order valence-corrected chi connectivity index (χ4v) is 3.88. The molecule has 1 aromatic heterocycles. The highest BCUT2D eigenvalue weighted by molar-refractivity contribution is 7.22. The van der Waals surface area contributed by atoms with E-state index in [0.29, 0.717) is 18.2 Å². The Morgan fingerprint density at radius 1 is 1.40 bits per heavy atom. The summed E-state index contributed by atoms with van der Waals surface area (Å²) in [7, 11) is 0. The largest absolute Gasteiger partial charge is 0.494 e. The molecule has 0 unspecified atom stereocenters. The van der Waals surface area contributed by atoms with E-state index in [1.54, 1.807) is 6.92 Å². The summed E-state index contributed by atoms with van der Waals surface area (Å²) in [4.78, 5) is 28.2. The predicted octanol–water partition coefficient (Wildman–Crippen LogP) is 3.76. The molecule has 134 valence electrons. The number of anilines is 1. The maximum atomic E-state index is 12.0. The second-order valence-electron chi connectivity index (χ2n) is 5.92. The van der Waals surface area contributed by atoms with Gasteiger partial charge in [-0.15, -0.1) is 23.2 Å². The number of fused-ring (bicyclic) bond motifs is 1. The van der Waals surface area contributed by atoms with Crippen molar-refractivity contribution in [3.05, 3.63) is 18.2 Å². The summed E-state index contributed by atoms with van der Waals surface area (Å²) in [6.45, 7) is 3.67. The first-order valence-corrected chi connectivity index (χ1v) is 9.21. The molecule has 1 aromatic carbocycles. The quantitative estimate of drug-likeness (QED) is 0.587. The molecule has 6 nitrogen and oxygen atoms in total. The van der Waals surface area contributed by atoms with Crippen LogP contribution in [0.25, 0.3) is 10.2 Å². The standard InChI is InChI=1S/C16H16Cl2N2O4S/c1-3-23-9-4-5-10-11(6-9)25-14(19-10)20-12(21)7-24-13(22)15(2)8-16(15,17)18/h4-6H,3,7-8H2,1-2H3,(H,19,20,21)/t15-/m0/s1.